The van der Waals surface area contributed by atoms with Crippen molar-refractivity contribution in [1.29, 1.82) is 0 Å². The van der Waals surface area contributed by atoms with Crippen molar-refractivity contribution in [3.8, 4) is 0 Å². The number of unbranched alkanes of at least 4 members (excludes halogenated alkanes) is 1. The number of rotatable bonds is 5. The fraction of sp³-hybridized carbons (Fsp3) is 0.200. The molecule has 110 valence electrons. The summed E-state index contributed by atoms with van der Waals surface area (Å²) in [5, 5.41) is 0. The molecule has 0 aliphatic carbocycles. The lowest BCUT2D eigenvalue weighted by atomic mass is 10.0. The number of allylic oxidation sites excluding steroid dienone is 2. The van der Waals surface area contributed by atoms with Gasteiger partial charge in [-0.05, 0) is 37.1 Å². The van der Waals surface area contributed by atoms with Crippen LogP contribution in [-0.4, -0.2) is 4.70 Å². The average molecular weight is 288 g/mol. The highest BCUT2D eigenvalue weighted by Crippen LogP contribution is 2.36. The van der Waals surface area contributed by atoms with Crippen molar-refractivity contribution >= 4 is 11.4 Å². The Morgan fingerprint density at radius 3 is 2.05 bits per heavy atom. The molecule has 0 radical (unpaired) electrons. The number of hydrogen-bond donors (Lipinski definition) is 0. The Hall–Kier alpha value is -2.48. The van der Waals surface area contributed by atoms with E-state index in [0.717, 1.165) is 41.8 Å². The van der Waals surface area contributed by atoms with Crippen molar-refractivity contribution in [2.45, 2.75) is 26.2 Å². The Labute approximate surface area is 131 Å². The van der Waals surface area contributed by atoms with Gasteiger partial charge in [0.05, 0.1) is 0 Å². The van der Waals surface area contributed by atoms with Gasteiger partial charge in [-0.3, -0.25) is 0 Å². The molecule has 0 aromatic heterocycles. The second-order valence-electron chi connectivity index (χ2n) is 5.55. The zero-order chi connectivity index (χ0) is 15.4. The van der Waals surface area contributed by atoms with E-state index in [1.165, 1.54) is 10.3 Å². The molecule has 3 rings (SSSR count). The van der Waals surface area contributed by atoms with Crippen LogP contribution in [0.1, 0.15) is 37.3 Å². The van der Waals surface area contributed by atoms with Gasteiger partial charge in [0.1, 0.15) is 0 Å². The van der Waals surface area contributed by atoms with E-state index in [2.05, 4.69) is 13.0 Å². The van der Waals surface area contributed by atoms with Crippen LogP contribution >= 0.6 is 0 Å². The topological polar surface area (TPSA) is 25.3 Å². The van der Waals surface area contributed by atoms with Gasteiger partial charge in [0.15, 0.2) is 0 Å². The SMILES string of the molecule is CCCCC1=C(c2ccccc2)[N+](=[N-])C(c2ccccc2)=C1. The Kier molecular flexibility index (Phi) is 4.29. The van der Waals surface area contributed by atoms with Gasteiger partial charge in [-0.25, -0.2) is 4.70 Å². The predicted molar refractivity (Wildman–Crippen MR) is 90.9 cm³/mol. The highest BCUT2D eigenvalue weighted by molar-refractivity contribution is 5.78. The van der Waals surface area contributed by atoms with E-state index in [0.29, 0.717) is 0 Å². The Morgan fingerprint density at radius 1 is 0.864 bits per heavy atom. The van der Waals surface area contributed by atoms with Crippen molar-refractivity contribution in [2.75, 3.05) is 0 Å². The molecule has 0 unspecified atom stereocenters. The molecule has 1 aliphatic rings. The van der Waals surface area contributed by atoms with Gasteiger partial charge in [-0.1, -0.05) is 49.7 Å². The minimum Gasteiger partial charge on any atom is -0.493 e. The number of hydrogen-bond acceptors (Lipinski definition) is 0. The Balaban J connectivity index is 2.02. The van der Waals surface area contributed by atoms with E-state index in [4.69, 9.17) is 0 Å². The minimum absolute atomic E-state index is 0.852. The van der Waals surface area contributed by atoms with Crippen LogP contribution in [0.2, 0.25) is 0 Å². The van der Waals surface area contributed by atoms with E-state index >= 15 is 0 Å². The molecule has 2 aromatic rings. The molecule has 2 nitrogen and oxygen atoms in total. The zero-order valence-electron chi connectivity index (χ0n) is 12.9. The Bertz CT molecular complexity index is 725. The normalized spacial score (nSPS) is 14.4. The van der Waals surface area contributed by atoms with Crippen LogP contribution in [0.5, 0.6) is 0 Å². The molecular formula is C20H20N2. The van der Waals surface area contributed by atoms with E-state index in [9.17, 15) is 5.53 Å². The van der Waals surface area contributed by atoms with Crippen LogP contribution in [0.3, 0.4) is 0 Å². The highest BCUT2D eigenvalue weighted by atomic mass is 15.2. The Morgan fingerprint density at radius 2 is 1.45 bits per heavy atom. The molecule has 0 N–H and O–H groups in total. The summed E-state index contributed by atoms with van der Waals surface area (Å²) < 4.78 is 1.34. The lowest BCUT2D eigenvalue weighted by molar-refractivity contribution is -0.344. The van der Waals surface area contributed by atoms with Crippen LogP contribution in [0.15, 0.2) is 72.3 Å². The molecule has 0 fully saturated rings. The van der Waals surface area contributed by atoms with Crippen LogP contribution in [0, 0.1) is 0 Å². The summed E-state index contributed by atoms with van der Waals surface area (Å²) in [4.78, 5) is 0. The number of benzene rings is 2. The third-order valence-corrected chi connectivity index (χ3v) is 3.97. The molecule has 2 aromatic carbocycles. The molecule has 1 aliphatic heterocycles. The molecule has 0 spiro atoms. The molecule has 2 heteroatoms. The van der Waals surface area contributed by atoms with E-state index in [1.54, 1.807) is 0 Å². The van der Waals surface area contributed by atoms with Gasteiger partial charge in [0.25, 0.3) is 0 Å². The zero-order valence-corrected chi connectivity index (χ0v) is 12.9. The molecule has 0 atom stereocenters. The summed E-state index contributed by atoms with van der Waals surface area (Å²) in [7, 11) is 0. The first-order valence-corrected chi connectivity index (χ1v) is 7.86. The first kappa shape index (κ1) is 14.5. The quantitative estimate of drug-likeness (QED) is 0.633. The molecule has 0 amide bonds. The summed E-state index contributed by atoms with van der Waals surface area (Å²) in [5.74, 6) is 0. The molecule has 0 saturated heterocycles. The summed E-state index contributed by atoms with van der Waals surface area (Å²) in [5.41, 5.74) is 15.8. The summed E-state index contributed by atoms with van der Waals surface area (Å²) in [6, 6.07) is 20.1. The van der Waals surface area contributed by atoms with Gasteiger partial charge in [-0.2, -0.15) is 0 Å². The largest absolute Gasteiger partial charge is 0.493 e. The van der Waals surface area contributed by atoms with E-state index < -0.39 is 0 Å². The maximum absolute atomic E-state index is 10.7. The number of nitrogens with zero attached hydrogens (tertiary/aromatic N) is 2. The van der Waals surface area contributed by atoms with Gasteiger partial charge < -0.3 is 5.53 Å². The first-order valence-electron chi connectivity index (χ1n) is 7.86. The standard InChI is InChI=1S/C20H20N2/c1-2-3-10-18-15-19(16-11-6-4-7-12-16)22(21)20(18)17-13-8-5-9-14-17/h4-9,11-15H,2-3,10H2,1H3. The van der Waals surface area contributed by atoms with Crippen molar-refractivity contribution in [3.63, 3.8) is 0 Å². The fourth-order valence-corrected chi connectivity index (χ4v) is 2.83. The van der Waals surface area contributed by atoms with Crippen molar-refractivity contribution < 1.29 is 4.70 Å². The van der Waals surface area contributed by atoms with Gasteiger partial charge >= 0.3 is 0 Å². The molecule has 0 saturated carbocycles. The third kappa shape index (κ3) is 2.77. The van der Waals surface area contributed by atoms with Crippen LogP contribution in [0.4, 0.5) is 0 Å². The molecular weight excluding hydrogens is 268 g/mol. The van der Waals surface area contributed by atoms with Crippen LogP contribution in [-0.2, 0) is 0 Å². The van der Waals surface area contributed by atoms with Gasteiger partial charge in [0.2, 0.25) is 11.4 Å². The second-order valence-corrected chi connectivity index (χ2v) is 5.55. The lowest BCUT2D eigenvalue weighted by Gasteiger charge is -2.09. The van der Waals surface area contributed by atoms with E-state index in [-0.39, 0.29) is 0 Å². The van der Waals surface area contributed by atoms with Crippen molar-refractivity contribution in [2.24, 2.45) is 0 Å². The van der Waals surface area contributed by atoms with Gasteiger partial charge in [-0.15, -0.1) is 0 Å². The first-order chi connectivity index (χ1) is 10.8. The smallest absolute Gasteiger partial charge is 0.210 e. The minimum atomic E-state index is 0.852. The lowest BCUT2D eigenvalue weighted by Crippen LogP contribution is -2.01. The maximum Gasteiger partial charge on any atom is 0.210 e. The second kappa shape index (κ2) is 6.52. The average Bonchev–Trinajstić information content (AvgIpc) is 2.91. The van der Waals surface area contributed by atoms with Gasteiger partial charge in [0, 0.05) is 22.8 Å². The molecule has 1 heterocycles. The summed E-state index contributed by atoms with van der Waals surface area (Å²) in [6.45, 7) is 2.19. The monoisotopic (exact) mass is 288 g/mol. The predicted octanol–water partition coefficient (Wildman–Crippen LogP) is 5.68. The summed E-state index contributed by atoms with van der Waals surface area (Å²) in [6.07, 6.45) is 5.37. The summed E-state index contributed by atoms with van der Waals surface area (Å²) >= 11 is 0. The molecule has 0 bridgehead atoms. The van der Waals surface area contributed by atoms with Crippen LogP contribution in [0.25, 0.3) is 16.9 Å². The third-order valence-electron chi connectivity index (χ3n) is 3.97. The maximum atomic E-state index is 10.7. The fourth-order valence-electron chi connectivity index (χ4n) is 2.83. The van der Waals surface area contributed by atoms with Crippen LogP contribution < -0.4 is 0 Å². The van der Waals surface area contributed by atoms with Crippen molar-refractivity contribution in [1.82, 2.24) is 0 Å². The van der Waals surface area contributed by atoms with Crippen molar-refractivity contribution in [3.05, 3.63) is 89.0 Å². The molecule has 22 heavy (non-hydrogen) atoms. The highest BCUT2D eigenvalue weighted by Gasteiger charge is 2.28. The van der Waals surface area contributed by atoms with E-state index in [1.807, 2.05) is 60.7 Å².